The monoisotopic (exact) mass is 392 g/mol. The van der Waals surface area contributed by atoms with Crippen LogP contribution < -0.4 is 4.72 Å². The summed E-state index contributed by atoms with van der Waals surface area (Å²) in [7, 11) is -3.65. The molecule has 0 spiro atoms. The van der Waals surface area contributed by atoms with E-state index >= 15 is 0 Å². The van der Waals surface area contributed by atoms with E-state index in [1.807, 2.05) is 6.07 Å². The molecule has 2 aromatic rings. The summed E-state index contributed by atoms with van der Waals surface area (Å²) in [5, 5.41) is 0. The molecular weight excluding hydrogens is 370 g/mol. The van der Waals surface area contributed by atoms with Crippen LogP contribution in [-0.4, -0.2) is 32.4 Å². The average Bonchev–Trinajstić information content (AvgIpc) is 3.08. The van der Waals surface area contributed by atoms with Crippen molar-refractivity contribution >= 4 is 10.0 Å². The van der Waals surface area contributed by atoms with E-state index < -0.39 is 15.8 Å². The summed E-state index contributed by atoms with van der Waals surface area (Å²) >= 11 is 0. The number of benzene rings is 2. The molecule has 0 amide bonds. The van der Waals surface area contributed by atoms with Gasteiger partial charge in [-0.1, -0.05) is 12.1 Å². The molecule has 1 saturated heterocycles. The minimum absolute atomic E-state index is 0.0755. The Hall–Kier alpha value is -1.83. The van der Waals surface area contributed by atoms with Crippen molar-refractivity contribution in [2.45, 2.75) is 42.7 Å². The number of fused-ring (bicyclic) bond motifs is 1. The molecule has 0 bridgehead atoms. The minimum Gasteiger partial charge on any atom is -0.296 e. The molecule has 4 nitrogen and oxygen atoms in total. The summed E-state index contributed by atoms with van der Waals surface area (Å²) in [6.45, 7) is 1.52. The van der Waals surface area contributed by atoms with Crippen molar-refractivity contribution in [2.75, 3.05) is 13.1 Å². The van der Waals surface area contributed by atoms with Gasteiger partial charge in [-0.3, -0.25) is 4.90 Å². The molecule has 1 N–H and O–H groups in total. The van der Waals surface area contributed by atoms with Gasteiger partial charge in [0.15, 0.2) is 0 Å². The fourth-order valence-corrected chi connectivity index (χ4v) is 5.50. The molecule has 0 saturated carbocycles. The van der Waals surface area contributed by atoms with Crippen LogP contribution in [0, 0.1) is 11.6 Å². The number of rotatable bonds is 4. The van der Waals surface area contributed by atoms with Gasteiger partial charge >= 0.3 is 0 Å². The maximum atomic E-state index is 13.9. The summed E-state index contributed by atoms with van der Waals surface area (Å²) in [6.07, 6.45) is 3.05. The van der Waals surface area contributed by atoms with Crippen molar-refractivity contribution in [3.05, 3.63) is 65.2 Å². The van der Waals surface area contributed by atoms with E-state index in [1.54, 1.807) is 6.07 Å². The summed E-state index contributed by atoms with van der Waals surface area (Å²) in [5.74, 6) is -0.590. The van der Waals surface area contributed by atoms with Gasteiger partial charge in [0.2, 0.25) is 10.0 Å². The summed E-state index contributed by atoms with van der Waals surface area (Å²) in [5.41, 5.74) is 1.89. The molecule has 4 rings (SSSR count). The third kappa shape index (κ3) is 3.77. The van der Waals surface area contributed by atoms with E-state index in [-0.39, 0.29) is 22.8 Å². The lowest BCUT2D eigenvalue weighted by atomic mass is 10.0. The number of hydrogen-bond donors (Lipinski definition) is 1. The van der Waals surface area contributed by atoms with Gasteiger partial charge in [-0.25, -0.2) is 21.9 Å². The van der Waals surface area contributed by atoms with Crippen LogP contribution in [0.2, 0.25) is 0 Å². The largest absolute Gasteiger partial charge is 0.296 e. The van der Waals surface area contributed by atoms with E-state index in [0.29, 0.717) is 12.8 Å². The topological polar surface area (TPSA) is 49.4 Å². The highest BCUT2D eigenvalue weighted by Gasteiger charge is 2.33. The first-order valence-corrected chi connectivity index (χ1v) is 10.7. The quantitative estimate of drug-likeness (QED) is 0.868. The number of piperidine rings is 1. The first kappa shape index (κ1) is 18.5. The summed E-state index contributed by atoms with van der Waals surface area (Å²) in [6, 6.07) is 10.2. The van der Waals surface area contributed by atoms with E-state index in [4.69, 9.17) is 0 Å². The maximum Gasteiger partial charge on any atom is 0.240 e. The Kier molecular flexibility index (Phi) is 5.01. The van der Waals surface area contributed by atoms with Crippen molar-refractivity contribution in [3.8, 4) is 0 Å². The molecule has 0 radical (unpaired) electrons. The zero-order valence-electron chi connectivity index (χ0n) is 14.9. The van der Waals surface area contributed by atoms with Gasteiger partial charge in [0.05, 0.1) is 4.90 Å². The number of halogens is 2. The van der Waals surface area contributed by atoms with E-state index in [0.717, 1.165) is 49.2 Å². The van der Waals surface area contributed by atoms with Crippen LogP contribution in [0.3, 0.4) is 0 Å². The molecule has 2 aromatic carbocycles. The lowest BCUT2D eigenvalue weighted by molar-refractivity contribution is 0.149. The Balaban J connectivity index is 1.39. The van der Waals surface area contributed by atoms with Crippen molar-refractivity contribution in [1.82, 2.24) is 9.62 Å². The second-order valence-electron chi connectivity index (χ2n) is 7.25. The van der Waals surface area contributed by atoms with Crippen LogP contribution in [0.25, 0.3) is 0 Å². The predicted molar refractivity (Wildman–Crippen MR) is 98.8 cm³/mol. The fraction of sp³-hybridized carbons (Fsp3) is 0.400. The number of nitrogens with zero attached hydrogens (tertiary/aromatic N) is 1. The Morgan fingerprint density at radius 2 is 1.67 bits per heavy atom. The van der Waals surface area contributed by atoms with Crippen LogP contribution in [0.15, 0.2) is 47.4 Å². The van der Waals surface area contributed by atoms with Gasteiger partial charge < -0.3 is 0 Å². The lowest BCUT2D eigenvalue weighted by Gasteiger charge is -2.36. The van der Waals surface area contributed by atoms with Crippen molar-refractivity contribution in [1.29, 1.82) is 0 Å². The van der Waals surface area contributed by atoms with Gasteiger partial charge in [0.25, 0.3) is 0 Å². The molecular formula is C20H22F2N2O2S. The highest BCUT2D eigenvalue weighted by Crippen LogP contribution is 2.38. The standard InChI is InChI=1S/C20H22F2N2O2S/c21-14-4-6-16(7-5-14)27(25,26)23-15-10-12-24(13-11-15)20-9-8-17-18(20)2-1-3-19(17)22/h1-7,15,20,23H,8-13H2. The predicted octanol–water partition coefficient (Wildman–Crippen LogP) is 3.40. The van der Waals surface area contributed by atoms with Crippen LogP contribution in [0.4, 0.5) is 8.78 Å². The van der Waals surface area contributed by atoms with Gasteiger partial charge in [0, 0.05) is 25.2 Å². The SMILES string of the molecule is O=S(=O)(NC1CCN(C2CCc3c(F)cccc32)CC1)c1ccc(F)cc1. The number of likely N-dealkylation sites (tertiary alicyclic amines) is 1. The van der Waals surface area contributed by atoms with E-state index in [2.05, 4.69) is 9.62 Å². The smallest absolute Gasteiger partial charge is 0.240 e. The first-order valence-electron chi connectivity index (χ1n) is 9.23. The molecule has 144 valence electrons. The fourth-order valence-electron chi connectivity index (χ4n) is 4.20. The Bertz CT molecular complexity index is 923. The van der Waals surface area contributed by atoms with Gasteiger partial charge in [-0.15, -0.1) is 0 Å². The molecule has 1 atom stereocenters. The highest BCUT2D eigenvalue weighted by atomic mass is 32.2. The number of nitrogens with one attached hydrogen (secondary N) is 1. The average molecular weight is 392 g/mol. The zero-order valence-corrected chi connectivity index (χ0v) is 15.7. The molecule has 7 heteroatoms. The third-order valence-corrected chi connectivity index (χ3v) is 7.13. The zero-order chi connectivity index (χ0) is 19.0. The van der Waals surface area contributed by atoms with Crippen molar-refractivity contribution in [3.63, 3.8) is 0 Å². The van der Waals surface area contributed by atoms with Crippen LogP contribution in [-0.2, 0) is 16.4 Å². The van der Waals surface area contributed by atoms with Gasteiger partial charge in [-0.05, 0) is 67.1 Å². The molecule has 1 heterocycles. The van der Waals surface area contributed by atoms with Gasteiger partial charge in [0.1, 0.15) is 11.6 Å². The van der Waals surface area contributed by atoms with Crippen molar-refractivity contribution in [2.24, 2.45) is 0 Å². The lowest BCUT2D eigenvalue weighted by Crippen LogP contribution is -2.45. The number of sulfonamides is 1. The van der Waals surface area contributed by atoms with E-state index in [1.165, 1.54) is 18.2 Å². The molecule has 27 heavy (non-hydrogen) atoms. The number of hydrogen-bond acceptors (Lipinski definition) is 3. The highest BCUT2D eigenvalue weighted by molar-refractivity contribution is 7.89. The van der Waals surface area contributed by atoms with Gasteiger partial charge in [-0.2, -0.15) is 0 Å². The summed E-state index contributed by atoms with van der Waals surface area (Å²) in [4.78, 5) is 2.40. The molecule has 1 aliphatic carbocycles. The maximum absolute atomic E-state index is 13.9. The van der Waals surface area contributed by atoms with Crippen LogP contribution in [0.1, 0.15) is 36.4 Å². The second kappa shape index (κ2) is 7.30. The Morgan fingerprint density at radius 3 is 2.37 bits per heavy atom. The van der Waals surface area contributed by atoms with Crippen molar-refractivity contribution < 1.29 is 17.2 Å². The molecule has 1 aliphatic heterocycles. The minimum atomic E-state index is -3.65. The third-order valence-electron chi connectivity index (χ3n) is 5.60. The molecule has 2 aliphatic rings. The van der Waals surface area contributed by atoms with Crippen LogP contribution in [0.5, 0.6) is 0 Å². The Labute approximate surface area is 158 Å². The molecule has 0 aromatic heterocycles. The molecule has 1 unspecified atom stereocenters. The molecule has 1 fully saturated rings. The van der Waals surface area contributed by atoms with Crippen LogP contribution >= 0.6 is 0 Å². The Morgan fingerprint density at radius 1 is 0.963 bits per heavy atom. The van der Waals surface area contributed by atoms with E-state index in [9.17, 15) is 17.2 Å². The second-order valence-corrected chi connectivity index (χ2v) is 8.96. The first-order chi connectivity index (χ1) is 12.9. The summed E-state index contributed by atoms with van der Waals surface area (Å²) < 4.78 is 54.6. The normalized spacial score (nSPS) is 21.3.